The Morgan fingerprint density at radius 3 is 2.72 bits per heavy atom. The van der Waals surface area contributed by atoms with Crippen LogP contribution in [0.1, 0.15) is 43.2 Å². The van der Waals surface area contributed by atoms with Crippen LogP contribution in [0.5, 0.6) is 5.75 Å². The first kappa shape index (κ1) is 20.7. The number of carbonyl (C=O) groups excluding carboxylic acids is 3. The van der Waals surface area contributed by atoms with E-state index in [2.05, 4.69) is 17.8 Å². The summed E-state index contributed by atoms with van der Waals surface area (Å²) in [5.74, 6) is -0.0931. The summed E-state index contributed by atoms with van der Waals surface area (Å²) in [6.45, 7) is 1.96. The number of fused-ring (bicyclic) bond motifs is 1. The average Bonchev–Trinajstić information content (AvgIpc) is 3.18. The van der Waals surface area contributed by atoms with Gasteiger partial charge >= 0.3 is 5.91 Å². The molecule has 1 aromatic carbocycles. The minimum absolute atomic E-state index is 0.0211. The van der Waals surface area contributed by atoms with E-state index in [-0.39, 0.29) is 18.7 Å². The summed E-state index contributed by atoms with van der Waals surface area (Å²) in [5, 5.41) is 10.8. The Labute approximate surface area is 167 Å². The molecule has 0 spiro atoms. The standard InChI is InChI=1S/C20H25N3O6/c1-13-6-8-20(9-7-13,11-23(27)12-24)19(26)22-21-18(25)16-10-14-4-3-5-15(28-2)17(14)29-16/h3-5,10,12-13,27H,6-9,11H2,1-2H3,(H,21,25)(H,22,26)/t13-,20+. The predicted octanol–water partition coefficient (Wildman–Crippen LogP) is 2.25. The molecule has 2 aromatic rings. The van der Waals surface area contributed by atoms with Gasteiger partial charge in [0.15, 0.2) is 17.1 Å². The number of hydrogen-bond donors (Lipinski definition) is 3. The highest BCUT2D eigenvalue weighted by Crippen LogP contribution is 2.39. The van der Waals surface area contributed by atoms with Crippen LogP contribution in [0.15, 0.2) is 28.7 Å². The molecule has 3 N–H and O–H groups in total. The van der Waals surface area contributed by atoms with Crippen LogP contribution in [0.4, 0.5) is 0 Å². The topological polar surface area (TPSA) is 121 Å². The summed E-state index contributed by atoms with van der Waals surface area (Å²) in [6.07, 6.45) is 2.85. The SMILES string of the molecule is COc1cccc2cc(C(=O)NNC(=O)[C@]3(CN(O)C=O)CC[C@H](C)CC3)oc12. The van der Waals surface area contributed by atoms with Gasteiger partial charge in [0.25, 0.3) is 0 Å². The molecule has 29 heavy (non-hydrogen) atoms. The van der Waals surface area contributed by atoms with Crippen LogP contribution >= 0.6 is 0 Å². The zero-order valence-corrected chi connectivity index (χ0v) is 16.4. The van der Waals surface area contributed by atoms with Gasteiger partial charge in [-0.1, -0.05) is 19.1 Å². The van der Waals surface area contributed by atoms with E-state index in [0.717, 1.165) is 12.8 Å². The Bertz CT molecular complexity index is 901. The summed E-state index contributed by atoms with van der Waals surface area (Å²) in [4.78, 5) is 36.2. The molecule has 0 unspecified atom stereocenters. The summed E-state index contributed by atoms with van der Waals surface area (Å²) < 4.78 is 10.8. The average molecular weight is 403 g/mol. The van der Waals surface area contributed by atoms with Crippen molar-refractivity contribution in [3.63, 3.8) is 0 Å². The first-order valence-corrected chi connectivity index (χ1v) is 9.46. The van der Waals surface area contributed by atoms with E-state index in [4.69, 9.17) is 9.15 Å². The molecule has 0 radical (unpaired) electrons. The second-order valence-electron chi connectivity index (χ2n) is 7.56. The van der Waals surface area contributed by atoms with Crippen LogP contribution in [0, 0.1) is 11.3 Å². The molecular formula is C20H25N3O6. The normalized spacial score (nSPS) is 21.4. The Balaban J connectivity index is 1.70. The Kier molecular flexibility index (Phi) is 6.07. The smallest absolute Gasteiger partial charge is 0.305 e. The van der Waals surface area contributed by atoms with Crippen LogP contribution in [0.2, 0.25) is 0 Å². The minimum atomic E-state index is -0.966. The fourth-order valence-electron chi connectivity index (χ4n) is 3.74. The third kappa shape index (κ3) is 4.34. The minimum Gasteiger partial charge on any atom is -0.493 e. The van der Waals surface area contributed by atoms with Gasteiger partial charge in [-0.25, -0.2) is 5.06 Å². The zero-order valence-electron chi connectivity index (χ0n) is 16.4. The van der Waals surface area contributed by atoms with Gasteiger partial charge in [-0.2, -0.15) is 0 Å². The number of nitrogens with one attached hydrogen (secondary N) is 2. The number of hydrogen-bond acceptors (Lipinski definition) is 6. The highest BCUT2D eigenvalue weighted by Gasteiger charge is 2.42. The third-order valence-corrected chi connectivity index (χ3v) is 5.54. The summed E-state index contributed by atoms with van der Waals surface area (Å²) >= 11 is 0. The van der Waals surface area contributed by atoms with E-state index >= 15 is 0 Å². The van der Waals surface area contributed by atoms with Crippen LogP contribution in [-0.2, 0) is 9.59 Å². The molecule has 3 rings (SSSR count). The molecular weight excluding hydrogens is 378 g/mol. The molecule has 1 aliphatic carbocycles. The highest BCUT2D eigenvalue weighted by atomic mass is 16.5. The van der Waals surface area contributed by atoms with E-state index in [1.165, 1.54) is 7.11 Å². The van der Waals surface area contributed by atoms with Crippen molar-refractivity contribution in [2.24, 2.45) is 11.3 Å². The molecule has 0 saturated heterocycles. The molecule has 1 aromatic heterocycles. The number of rotatable bonds is 6. The van der Waals surface area contributed by atoms with Gasteiger partial charge in [-0.15, -0.1) is 0 Å². The third-order valence-electron chi connectivity index (χ3n) is 5.54. The molecule has 9 heteroatoms. The van der Waals surface area contributed by atoms with Crippen molar-refractivity contribution in [1.29, 1.82) is 0 Å². The van der Waals surface area contributed by atoms with E-state index in [1.807, 2.05) is 0 Å². The number of furan rings is 1. The first-order chi connectivity index (χ1) is 13.9. The molecule has 0 aliphatic heterocycles. The summed E-state index contributed by atoms with van der Waals surface area (Å²) in [6, 6.07) is 6.84. The fraction of sp³-hybridized carbons (Fsp3) is 0.450. The molecule has 1 heterocycles. The fourth-order valence-corrected chi connectivity index (χ4v) is 3.74. The van der Waals surface area contributed by atoms with Crippen molar-refractivity contribution in [3.05, 3.63) is 30.0 Å². The van der Waals surface area contributed by atoms with Gasteiger partial charge in [0, 0.05) is 5.39 Å². The number of methoxy groups -OCH3 is 1. The lowest BCUT2D eigenvalue weighted by Crippen LogP contribution is -2.54. The van der Waals surface area contributed by atoms with Gasteiger partial charge < -0.3 is 9.15 Å². The number of benzene rings is 1. The zero-order chi connectivity index (χ0) is 21.0. The van der Waals surface area contributed by atoms with E-state index in [1.54, 1.807) is 24.3 Å². The summed E-state index contributed by atoms with van der Waals surface area (Å²) in [5.41, 5.74) is 4.26. The van der Waals surface area contributed by atoms with Crippen molar-refractivity contribution >= 4 is 29.2 Å². The highest BCUT2D eigenvalue weighted by molar-refractivity contribution is 5.98. The van der Waals surface area contributed by atoms with Crippen LogP contribution < -0.4 is 15.6 Å². The number of carbonyl (C=O) groups is 3. The molecule has 3 amide bonds. The largest absolute Gasteiger partial charge is 0.493 e. The van der Waals surface area contributed by atoms with Gasteiger partial charge in [0.1, 0.15) is 0 Å². The molecule has 156 valence electrons. The van der Waals surface area contributed by atoms with Crippen molar-refractivity contribution < 1.29 is 28.7 Å². The monoisotopic (exact) mass is 403 g/mol. The second kappa shape index (κ2) is 8.52. The lowest BCUT2D eigenvalue weighted by Gasteiger charge is -2.38. The number of ether oxygens (including phenoxy) is 1. The van der Waals surface area contributed by atoms with Gasteiger partial charge in [0.05, 0.1) is 19.1 Å². The molecule has 1 fully saturated rings. The van der Waals surface area contributed by atoms with Gasteiger partial charge in [0.2, 0.25) is 12.3 Å². The van der Waals surface area contributed by atoms with Crippen molar-refractivity contribution in [3.8, 4) is 5.75 Å². The van der Waals surface area contributed by atoms with Crippen LogP contribution in [0.25, 0.3) is 11.0 Å². The number of amides is 3. The van der Waals surface area contributed by atoms with Gasteiger partial charge in [-0.05, 0) is 43.7 Å². The lowest BCUT2D eigenvalue weighted by atomic mass is 9.70. The molecule has 0 atom stereocenters. The van der Waals surface area contributed by atoms with Crippen LogP contribution in [-0.4, -0.2) is 42.1 Å². The van der Waals surface area contributed by atoms with E-state index in [9.17, 15) is 19.6 Å². The molecule has 9 nitrogen and oxygen atoms in total. The van der Waals surface area contributed by atoms with Crippen LogP contribution in [0.3, 0.4) is 0 Å². The second-order valence-corrected chi connectivity index (χ2v) is 7.56. The van der Waals surface area contributed by atoms with Crippen molar-refractivity contribution in [1.82, 2.24) is 15.9 Å². The van der Waals surface area contributed by atoms with Crippen molar-refractivity contribution in [2.75, 3.05) is 13.7 Å². The molecule has 0 bridgehead atoms. The molecule has 1 aliphatic rings. The number of hydrazine groups is 1. The Hall–Kier alpha value is -3.07. The Morgan fingerprint density at radius 2 is 2.07 bits per heavy atom. The Morgan fingerprint density at radius 1 is 1.34 bits per heavy atom. The maximum absolute atomic E-state index is 12.9. The number of para-hydroxylation sites is 1. The van der Waals surface area contributed by atoms with Gasteiger partial charge in [-0.3, -0.25) is 30.4 Å². The maximum Gasteiger partial charge on any atom is 0.305 e. The predicted molar refractivity (Wildman–Crippen MR) is 103 cm³/mol. The quantitative estimate of drug-likeness (QED) is 0.386. The number of nitrogens with zero attached hydrogens (tertiary/aromatic N) is 1. The van der Waals surface area contributed by atoms with E-state index < -0.39 is 17.2 Å². The summed E-state index contributed by atoms with van der Waals surface area (Å²) in [7, 11) is 1.51. The first-order valence-electron chi connectivity index (χ1n) is 9.46. The maximum atomic E-state index is 12.9. The molecule has 1 saturated carbocycles. The van der Waals surface area contributed by atoms with E-state index in [0.29, 0.717) is 40.5 Å². The lowest BCUT2D eigenvalue weighted by molar-refractivity contribution is -0.163. The van der Waals surface area contributed by atoms with Crippen molar-refractivity contribution in [2.45, 2.75) is 32.6 Å². The number of hydroxylamine groups is 2.